The van der Waals surface area contributed by atoms with Crippen LogP contribution < -0.4 is 11.1 Å². The molecule has 1 aliphatic rings. The lowest BCUT2D eigenvalue weighted by atomic mass is 9.95. The number of aryl methyl sites for hydroxylation is 1. The Kier molecular flexibility index (Phi) is 4.65. The van der Waals surface area contributed by atoms with Crippen molar-refractivity contribution in [2.75, 3.05) is 6.61 Å². The predicted octanol–water partition coefficient (Wildman–Crippen LogP) is -0.981. The fourth-order valence-electron chi connectivity index (χ4n) is 3.09. The van der Waals surface area contributed by atoms with E-state index in [2.05, 4.69) is 5.32 Å². The number of oxazole rings is 1. The molecule has 1 aliphatic heterocycles. The van der Waals surface area contributed by atoms with Crippen LogP contribution in [0.25, 0.3) is 11.1 Å². The van der Waals surface area contributed by atoms with Crippen LogP contribution in [0.2, 0.25) is 0 Å². The Morgan fingerprint density at radius 2 is 2.04 bits per heavy atom. The van der Waals surface area contributed by atoms with Gasteiger partial charge in [0.05, 0.1) is 12.1 Å². The number of carbonyl (C=O) groups excluding carboxylic acids is 1. The van der Waals surface area contributed by atoms with Crippen LogP contribution in [0.15, 0.2) is 27.4 Å². The molecule has 9 nitrogen and oxygen atoms in total. The minimum atomic E-state index is -1.44. The monoisotopic (exact) mass is 352 g/mol. The van der Waals surface area contributed by atoms with Crippen LogP contribution in [0.5, 0.6) is 0 Å². The largest absolute Gasteiger partial charge is 0.422 e. The highest BCUT2D eigenvalue weighted by atomic mass is 16.5. The summed E-state index contributed by atoms with van der Waals surface area (Å²) in [6, 6.07) is 4.01. The van der Waals surface area contributed by atoms with Gasteiger partial charge in [-0.3, -0.25) is 4.79 Å². The van der Waals surface area contributed by atoms with Gasteiger partial charge < -0.3 is 29.8 Å². The first-order valence-electron chi connectivity index (χ1n) is 7.84. The van der Waals surface area contributed by atoms with Crippen molar-refractivity contribution in [1.82, 2.24) is 9.88 Å². The zero-order valence-corrected chi connectivity index (χ0v) is 13.7. The molecule has 0 unspecified atom stereocenters. The summed E-state index contributed by atoms with van der Waals surface area (Å²) < 4.78 is 12.0. The van der Waals surface area contributed by atoms with E-state index in [0.29, 0.717) is 11.1 Å². The quantitative estimate of drug-likeness (QED) is 0.558. The molecule has 9 heteroatoms. The predicted molar refractivity (Wildman–Crippen MR) is 85.8 cm³/mol. The molecular weight excluding hydrogens is 332 g/mol. The summed E-state index contributed by atoms with van der Waals surface area (Å²) in [5.41, 5.74) is 1.61. The van der Waals surface area contributed by atoms with Crippen molar-refractivity contribution in [3.8, 4) is 0 Å². The molecule has 2 aromatic rings. The Hall–Kier alpha value is -2.20. The van der Waals surface area contributed by atoms with Crippen LogP contribution >= 0.6 is 0 Å². The number of nitrogens with one attached hydrogen (secondary N) is 1. The van der Waals surface area contributed by atoms with Crippen LogP contribution in [0.1, 0.15) is 18.7 Å². The second-order valence-electron chi connectivity index (χ2n) is 6.16. The van der Waals surface area contributed by atoms with E-state index in [9.17, 15) is 24.9 Å². The second-order valence-corrected chi connectivity index (χ2v) is 6.16. The van der Waals surface area contributed by atoms with Crippen molar-refractivity contribution in [3.63, 3.8) is 0 Å². The molecule has 2 heterocycles. The van der Waals surface area contributed by atoms with E-state index in [4.69, 9.17) is 9.15 Å². The normalized spacial score (nSPS) is 29.7. The van der Waals surface area contributed by atoms with Crippen LogP contribution in [-0.2, 0) is 9.53 Å². The number of rotatable bonds is 3. The number of carbonyl (C=O) groups is 1. The number of aromatic nitrogens is 1. The molecule has 25 heavy (non-hydrogen) atoms. The van der Waals surface area contributed by atoms with Crippen molar-refractivity contribution in [2.24, 2.45) is 0 Å². The third-order valence-electron chi connectivity index (χ3n) is 4.29. The zero-order valence-electron chi connectivity index (χ0n) is 13.7. The number of fused-ring (bicyclic) bond motifs is 1. The lowest BCUT2D eigenvalue weighted by Crippen LogP contribution is -2.62. The molecule has 0 aliphatic carbocycles. The van der Waals surface area contributed by atoms with Gasteiger partial charge in [0.2, 0.25) is 5.91 Å². The van der Waals surface area contributed by atoms with Gasteiger partial charge in [-0.05, 0) is 24.6 Å². The van der Waals surface area contributed by atoms with Crippen LogP contribution in [0.3, 0.4) is 0 Å². The Bertz CT molecular complexity index is 843. The van der Waals surface area contributed by atoms with E-state index in [-0.39, 0.29) is 0 Å². The lowest BCUT2D eigenvalue weighted by molar-refractivity contribution is -0.216. The lowest BCUT2D eigenvalue weighted by Gasteiger charge is -2.42. The van der Waals surface area contributed by atoms with E-state index >= 15 is 0 Å². The number of aliphatic hydroxyl groups excluding tert-OH is 3. The molecule has 136 valence electrons. The van der Waals surface area contributed by atoms with E-state index < -0.39 is 48.9 Å². The minimum Gasteiger partial charge on any atom is -0.408 e. The van der Waals surface area contributed by atoms with Gasteiger partial charge in [-0.15, -0.1) is 0 Å². The summed E-state index contributed by atoms with van der Waals surface area (Å²) in [6.45, 7) is 2.52. The standard InChI is InChI=1S/C16H20N2O7/c1-7-3-4-10-9(5-7)18(16(23)25-10)15-12(17-8(2)20)14(22)13(21)11(6-19)24-15/h3-5,11-15,19,21-22H,6H2,1-2H3,(H,17,20)/t11-,12-,13-,14+,15-/m1/s1. The third kappa shape index (κ3) is 3.07. The molecule has 1 saturated heterocycles. The highest BCUT2D eigenvalue weighted by Gasteiger charge is 2.46. The van der Waals surface area contributed by atoms with Crippen molar-refractivity contribution >= 4 is 17.0 Å². The zero-order chi connectivity index (χ0) is 18.3. The van der Waals surface area contributed by atoms with E-state index in [1.165, 1.54) is 11.5 Å². The molecule has 3 rings (SSSR count). The molecule has 1 fully saturated rings. The molecule has 4 N–H and O–H groups in total. The maximum Gasteiger partial charge on any atom is 0.422 e. The SMILES string of the molecule is CC(=O)N[C@@H]1[C@H](O)[C@H](O)[C@@H](CO)O[C@H]1n1c(=O)oc2ccc(C)cc21. The first-order valence-corrected chi connectivity index (χ1v) is 7.84. The van der Waals surface area contributed by atoms with Gasteiger partial charge in [0.25, 0.3) is 0 Å². The number of benzene rings is 1. The van der Waals surface area contributed by atoms with Gasteiger partial charge in [0, 0.05) is 6.92 Å². The van der Waals surface area contributed by atoms with Gasteiger partial charge in [-0.2, -0.15) is 0 Å². The average Bonchev–Trinajstić information content (AvgIpc) is 2.87. The van der Waals surface area contributed by atoms with Gasteiger partial charge in [0.15, 0.2) is 11.8 Å². The van der Waals surface area contributed by atoms with Gasteiger partial charge in [0.1, 0.15) is 24.4 Å². The molecule has 5 atom stereocenters. The smallest absolute Gasteiger partial charge is 0.408 e. The van der Waals surface area contributed by atoms with Crippen molar-refractivity contribution < 1.29 is 29.3 Å². The van der Waals surface area contributed by atoms with E-state index in [1.807, 2.05) is 6.92 Å². The van der Waals surface area contributed by atoms with E-state index in [1.54, 1.807) is 18.2 Å². The summed E-state index contributed by atoms with van der Waals surface area (Å²) in [4.78, 5) is 23.9. The van der Waals surface area contributed by atoms with Crippen LogP contribution in [0, 0.1) is 6.92 Å². The Labute approximate surface area is 142 Å². The fourth-order valence-corrected chi connectivity index (χ4v) is 3.09. The molecule has 1 amide bonds. The van der Waals surface area contributed by atoms with Crippen molar-refractivity contribution in [2.45, 2.75) is 44.4 Å². The Morgan fingerprint density at radius 1 is 1.32 bits per heavy atom. The summed E-state index contributed by atoms with van der Waals surface area (Å²) >= 11 is 0. The van der Waals surface area contributed by atoms with E-state index in [0.717, 1.165) is 5.56 Å². The van der Waals surface area contributed by atoms with Gasteiger partial charge in [-0.25, -0.2) is 9.36 Å². The minimum absolute atomic E-state index is 0.321. The second kappa shape index (κ2) is 6.60. The molecule has 0 spiro atoms. The molecule has 0 radical (unpaired) electrons. The number of aliphatic hydroxyl groups is 3. The number of nitrogens with zero attached hydrogens (tertiary/aromatic N) is 1. The Morgan fingerprint density at radius 3 is 2.68 bits per heavy atom. The molecule has 1 aromatic carbocycles. The summed E-state index contributed by atoms with van der Waals surface area (Å²) in [5.74, 6) is -1.20. The maximum atomic E-state index is 12.4. The van der Waals surface area contributed by atoms with Gasteiger partial charge >= 0.3 is 5.76 Å². The highest BCUT2D eigenvalue weighted by molar-refractivity contribution is 5.75. The summed E-state index contributed by atoms with van der Waals surface area (Å²) in [6.07, 6.45) is -5.14. The fraction of sp³-hybridized carbons (Fsp3) is 0.500. The maximum absolute atomic E-state index is 12.4. The summed E-state index contributed by atoms with van der Waals surface area (Å²) in [7, 11) is 0. The Balaban J connectivity index is 2.14. The van der Waals surface area contributed by atoms with Crippen LogP contribution in [-0.4, -0.2) is 56.8 Å². The number of hydrogen-bond donors (Lipinski definition) is 4. The molecular formula is C16H20N2O7. The summed E-state index contributed by atoms with van der Waals surface area (Å²) in [5, 5.41) is 32.3. The number of hydrogen-bond acceptors (Lipinski definition) is 7. The third-order valence-corrected chi connectivity index (χ3v) is 4.29. The molecule has 1 aromatic heterocycles. The van der Waals surface area contributed by atoms with Crippen LogP contribution in [0.4, 0.5) is 0 Å². The first kappa shape index (κ1) is 17.6. The molecule has 0 saturated carbocycles. The topological polar surface area (TPSA) is 134 Å². The first-order chi connectivity index (χ1) is 11.8. The van der Waals surface area contributed by atoms with Crippen molar-refractivity contribution in [1.29, 1.82) is 0 Å². The highest BCUT2D eigenvalue weighted by Crippen LogP contribution is 2.30. The van der Waals surface area contributed by atoms with Crippen molar-refractivity contribution in [3.05, 3.63) is 34.3 Å². The molecule has 0 bridgehead atoms. The number of ether oxygens (including phenoxy) is 1. The number of amides is 1. The van der Waals surface area contributed by atoms with Gasteiger partial charge in [-0.1, -0.05) is 6.07 Å². The average molecular weight is 352 g/mol.